The first kappa shape index (κ1) is 26.8. The Morgan fingerprint density at radius 1 is 1.03 bits per heavy atom. The maximum Gasteiger partial charge on any atom is 0.358 e. The minimum atomic E-state index is -0.413. The Morgan fingerprint density at radius 3 is 2.21 bits per heavy atom. The summed E-state index contributed by atoms with van der Waals surface area (Å²) in [6, 6.07) is 3.65. The molecule has 2 heterocycles. The summed E-state index contributed by atoms with van der Waals surface area (Å²) in [5.74, 6) is 0.685. The zero-order chi connectivity index (χ0) is 24.5. The van der Waals surface area contributed by atoms with E-state index in [1.165, 1.54) is 0 Å². The van der Waals surface area contributed by atoms with E-state index in [4.69, 9.17) is 4.74 Å². The van der Waals surface area contributed by atoms with Crippen LogP contribution in [0.4, 0.5) is 0 Å². The van der Waals surface area contributed by atoms with Crippen molar-refractivity contribution in [2.75, 3.05) is 40.3 Å². The summed E-state index contributed by atoms with van der Waals surface area (Å²) in [4.78, 5) is 34.7. The SMILES string of the molecule is CCOC(=O)c1nc2ccc(C(=O)N(CCC(C)C)CCC(C)C)cn2c1CCCN(C)C. The van der Waals surface area contributed by atoms with Gasteiger partial charge in [0, 0.05) is 19.3 Å². The van der Waals surface area contributed by atoms with Crippen molar-refractivity contribution < 1.29 is 14.3 Å². The first-order valence-corrected chi connectivity index (χ1v) is 12.3. The van der Waals surface area contributed by atoms with Crippen molar-refractivity contribution >= 4 is 17.5 Å². The predicted octanol–water partition coefficient (Wildman–Crippen LogP) is 4.54. The van der Waals surface area contributed by atoms with Crippen molar-refractivity contribution in [3.05, 3.63) is 35.3 Å². The average Bonchev–Trinajstić information content (AvgIpc) is 3.11. The molecule has 0 saturated heterocycles. The van der Waals surface area contributed by atoms with Crippen LogP contribution in [0.5, 0.6) is 0 Å². The number of hydrogen-bond donors (Lipinski definition) is 0. The zero-order valence-corrected chi connectivity index (χ0v) is 21.6. The molecule has 0 bridgehead atoms. The minimum absolute atomic E-state index is 0.0313. The van der Waals surface area contributed by atoms with E-state index in [2.05, 4.69) is 37.6 Å². The van der Waals surface area contributed by atoms with Crippen molar-refractivity contribution in [3.8, 4) is 0 Å². The molecule has 0 aliphatic rings. The van der Waals surface area contributed by atoms with Gasteiger partial charge in [0.25, 0.3) is 5.91 Å². The van der Waals surface area contributed by atoms with E-state index in [9.17, 15) is 9.59 Å². The summed E-state index contributed by atoms with van der Waals surface area (Å²) in [5, 5.41) is 0. The zero-order valence-electron chi connectivity index (χ0n) is 21.6. The number of ether oxygens (including phenoxy) is 1. The number of amides is 1. The van der Waals surface area contributed by atoms with Crippen LogP contribution in [0, 0.1) is 11.8 Å². The van der Waals surface area contributed by atoms with Crippen LogP contribution in [0.25, 0.3) is 5.65 Å². The second-order valence-electron chi connectivity index (χ2n) is 9.84. The predicted molar refractivity (Wildman–Crippen MR) is 133 cm³/mol. The van der Waals surface area contributed by atoms with E-state index in [1.807, 2.05) is 41.7 Å². The Kier molecular flexibility index (Phi) is 10.4. The number of carbonyl (C=O) groups excluding carboxylic acids is 2. The van der Waals surface area contributed by atoms with E-state index in [0.717, 1.165) is 44.6 Å². The Labute approximate surface area is 199 Å². The van der Waals surface area contributed by atoms with Crippen LogP contribution >= 0.6 is 0 Å². The quantitative estimate of drug-likeness (QED) is 0.412. The van der Waals surface area contributed by atoms with Gasteiger partial charge in [-0.1, -0.05) is 27.7 Å². The van der Waals surface area contributed by atoms with Crippen LogP contribution in [-0.4, -0.2) is 71.4 Å². The molecule has 0 saturated carbocycles. The molecule has 0 aliphatic heterocycles. The van der Waals surface area contributed by atoms with Crippen molar-refractivity contribution in [3.63, 3.8) is 0 Å². The Hall–Kier alpha value is -2.41. The summed E-state index contributed by atoms with van der Waals surface area (Å²) < 4.78 is 7.15. The van der Waals surface area contributed by atoms with Gasteiger partial charge >= 0.3 is 5.97 Å². The van der Waals surface area contributed by atoms with Crippen LogP contribution in [0.2, 0.25) is 0 Å². The summed E-state index contributed by atoms with van der Waals surface area (Å²) in [6.07, 6.45) is 5.34. The minimum Gasteiger partial charge on any atom is -0.461 e. The lowest BCUT2D eigenvalue weighted by Gasteiger charge is -2.24. The van der Waals surface area contributed by atoms with Crippen molar-refractivity contribution in [1.29, 1.82) is 0 Å². The second-order valence-corrected chi connectivity index (χ2v) is 9.84. The fourth-order valence-corrected chi connectivity index (χ4v) is 3.71. The third-order valence-corrected chi connectivity index (χ3v) is 5.69. The van der Waals surface area contributed by atoms with Crippen molar-refractivity contribution in [2.24, 2.45) is 11.8 Å². The second kappa shape index (κ2) is 12.7. The largest absolute Gasteiger partial charge is 0.461 e. The lowest BCUT2D eigenvalue weighted by atomic mass is 10.1. The normalized spacial score (nSPS) is 11.7. The number of aryl methyl sites for hydroxylation is 1. The highest BCUT2D eigenvalue weighted by Crippen LogP contribution is 2.19. The van der Waals surface area contributed by atoms with Gasteiger partial charge in [-0.15, -0.1) is 0 Å². The lowest BCUT2D eigenvalue weighted by molar-refractivity contribution is 0.0518. The molecule has 33 heavy (non-hydrogen) atoms. The van der Waals surface area contributed by atoms with Crippen LogP contribution in [-0.2, 0) is 11.2 Å². The van der Waals surface area contributed by atoms with Crippen LogP contribution in [0.1, 0.15) is 80.4 Å². The van der Waals surface area contributed by atoms with Crippen LogP contribution in [0.3, 0.4) is 0 Å². The molecule has 0 radical (unpaired) electrons. The van der Waals surface area contributed by atoms with Gasteiger partial charge < -0.3 is 18.9 Å². The summed E-state index contributed by atoms with van der Waals surface area (Å²) in [5.41, 5.74) is 2.43. The Bertz CT molecular complexity index is 906. The first-order valence-electron chi connectivity index (χ1n) is 12.3. The molecule has 2 aromatic rings. The van der Waals surface area contributed by atoms with E-state index in [-0.39, 0.29) is 5.91 Å². The molecule has 2 rings (SSSR count). The number of nitrogens with zero attached hydrogens (tertiary/aromatic N) is 4. The number of pyridine rings is 1. The van der Waals surface area contributed by atoms with Gasteiger partial charge in [0.2, 0.25) is 0 Å². The van der Waals surface area contributed by atoms with E-state index >= 15 is 0 Å². The van der Waals surface area contributed by atoms with E-state index in [0.29, 0.717) is 41.8 Å². The number of esters is 1. The van der Waals surface area contributed by atoms with Gasteiger partial charge in [0.15, 0.2) is 5.69 Å². The molecule has 0 unspecified atom stereocenters. The molecule has 7 nitrogen and oxygen atoms in total. The fraction of sp³-hybridized carbons (Fsp3) is 0.654. The third kappa shape index (κ3) is 7.84. The lowest BCUT2D eigenvalue weighted by Crippen LogP contribution is -2.34. The molecular formula is C26H42N4O3. The topological polar surface area (TPSA) is 67.1 Å². The fourth-order valence-electron chi connectivity index (χ4n) is 3.71. The number of rotatable bonds is 13. The summed E-state index contributed by atoms with van der Waals surface area (Å²) >= 11 is 0. The molecule has 0 fully saturated rings. The highest BCUT2D eigenvalue weighted by molar-refractivity contribution is 5.95. The van der Waals surface area contributed by atoms with Gasteiger partial charge in [0.05, 0.1) is 17.9 Å². The third-order valence-electron chi connectivity index (χ3n) is 5.69. The first-order chi connectivity index (χ1) is 15.6. The molecule has 1 amide bonds. The number of imidazole rings is 1. The number of aromatic nitrogens is 2. The molecule has 7 heteroatoms. The van der Waals surface area contributed by atoms with Gasteiger partial charge in [0.1, 0.15) is 5.65 Å². The van der Waals surface area contributed by atoms with Crippen molar-refractivity contribution in [2.45, 2.75) is 60.3 Å². The van der Waals surface area contributed by atoms with Crippen LogP contribution in [0.15, 0.2) is 18.3 Å². The van der Waals surface area contributed by atoms with Gasteiger partial charge in [-0.05, 0) is 77.2 Å². The average molecular weight is 459 g/mol. The van der Waals surface area contributed by atoms with Gasteiger partial charge in [-0.3, -0.25) is 4.79 Å². The number of carbonyl (C=O) groups is 2. The molecule has 0 atom stereocenters. The van der Waals surface area contributed by atoms with Gasteiger partial charge in [-0.2, -0.15) is 0 Å². The highest BCUT2D eigenvalue weighted by Gasteiger charge is 2.22. The standard InChI is InChI=1S/C26H42N4O3/c1-8-33-26(32)24-22(10-9-15-28(6)7)30-18-21(11-12-23(30)27-24)25(31)29(16-13-19(2)3)17-14-20(4)5/h11-12,18-20H,8-10,13-17H2,1-7H3. The molecule has 184 valence electrons. The number of hydrogen-bond acceptors (Lipinski definition) is 5. The maximum atomic E-state index is 13.5. The molecule has 0 N–H and O–H groups in total. The molecule has 0 aromatic carbocycles. The van der Waals surface area contributed by atoms with Crippen molar-refractivity contribution in [1.82, 2.24) is 19.2 Å². The molecular weight excluding hydrogens is 416 g/mol. The molecule has 0 spiro atoms. The van der Waals surface area contributed by atoms with Gasteiger partial charge in [-0.25, -0.2) is 9.78 Å². The van der Waals surface area contributed by atoms with Crippen LogP contribution < -0.4 is 0 Å². The summed E-state index contributed by atoms with van der Waals surface area (Å²) in [7, 11) is 4.06. The number of fused-ring (bicyclic) bond motifs is 1. The van der Waals surface area contributed by atoms with E-state index < -0.39 is 5.97 Å². The molecule has 2 aromatic heterocycles. The monoisotopic (exact) mass is 458 g/mol. The highest BCUT2D eigenvalue weighted by atomic mass is 16.5. The Morgan fingerprint density at radius 2 is 1.67 bits per heavy atom. The maximum absolute atomic E-state index is 13.5. The summed E-state index contributed by atoms with van der Waals surface area (Å²) in [6.45, 7) is 13.2. The molecule has 0 aliphatic carbocycles. The smallest absolute Gasteiger partial charge is 0.358 e. The van der Waals surface area contributed by atoms with E-state index in [1.54, 1.807) is 6.92 Å². The Balaban J connectivity index is 2.40.